The first-order valence-electron chi connectivity index (χ1n) is 8.01. The predicted octanol–water partition coefficient (Wildman–Crippen LogP) is 3.12. The Kier molecular flexibility index (Phi) is 6.01. The average Bonchev–Trinajstić information content (AvgIpc) is 2.96. The van der Waals surface area contributed by atoms with Gasteiger partial charge >= 0.3 is 5.97 Å². The zero-order chi connectivity index (χ0) is 20.3. The minimum Gasteiger partial charge on any atom is -0.479 e. The summed E-state index contributed by atoms with van der Waals surface area (Å²) in [6.07, 6.45) is 1.43. The van der Waals surface area contributed by atoms with Crippen molar-refractivity contribution in [1.82, 2.24) is 5.43 Å². The molecule has 0 bridgehead atoms. The molecule has 2 aromatic carbocycles. The number of benzene rings is 2. The van der Waals surface area contributed by atoms with Gasteiger partial charge in [-0.3, -0.25) is 15.0 Å². The molecule has 0 spiro atoms. The van der Waals surface area contributed by atoms with Gasteiger partial charge in [0.1, 0.15) is 5.57 Å². The highest BCUT2D eigenvalue weighted by molar-refractivity contribution is 9.10. The Morgan fingerprint density at radius 3 is 2.61 bits per heavy atom. The first-order valence-corrected chi connectivity index (χ1v) is 9.18. The summed E-state index contributed by atoms with van der Waals surface area (Å²) in [5.74, 6) is -1.30. The molecule has 1 heterocycles. The zero-order valence-electron chi connectivity index (χ0n) is 14.6. The number of carbonyl (C=O) groups excluding carboxylic acids is 3. The van der Waals surface area contributed by atoms with Crippen molar-refractivity contribution in [1.29, 1.82) is 0 Å². The van der Waals surface area contributed by atoms with Crippen LogP contribution in [-0.4, -0.2) is 31.5 Å². The second-order valence-electron chi connectivity index (χ2n) is 5.65. The van der Waals surface area contributed by atoms with Crippen LogP contribution in [0.4, 0.5) is 5.69 Å². The zero-order valence-corrected chi connectivity index (χ0v) is 16.9. The third-order valence-corrected chi connectivity index (χ3v) is 4.67. The summed E-state index contributed by atoms with van der Waals surface area (Å²) in [6, 6.07) is 11.9. The van der Waals surface area contributed by atoms with Crippen molar-refractivity contribution < 1.29 is 23.9 Å². The van der Waals surface area contributed by atoms with Crippen molar-refractivity contribution in [3.8, 4) is 5.75 Å². The molecule has 3 rings (SSSR count). The molecule has 28 heavy (non-hydrogen) atoms. The highest BCUT2D eigenvalue weighted by Crippen LogP contribution is 2.35. The number of esters is 1. The van der Waals surface area contributed by atoms with Gasteiger partial charge in [-0.2, -0.15) is 0 Å². The standard InChI is InChI=1S/C19H14BrClN2O5/c1-27-16(24)10-28-17-14(20)8-11(9-15(17)21)7-13-18(25)22-23(19(13)26)12-5-3-2-4-6-12/h2-9H,10H2,1H3,(H,22,25)/b13-7-. The lowest BCUT2D eigenvalue weighted by Gasteiger charge is -2.13. The molecular weight excluding hydrogens is 452 g/mol. The van der Waals surface area contributed by atoms with Crippen LogP contribution in [0, 0.1) is 0 Å². The van der Waals surface area contributed by atoms with Crippen molar-refractivity contribution in [3.63, 3.8) is 0 Å². The quantitative estimate of drug-likeness (QED) is 0.417. The maximum Gasteiger partial charge on any atom is 0.343 e. The van der Waals surface area contributed by atoms with E-state index in [4.69, 9.17) is 16.3 Å². The summed E-state index contributed by atoms with van der Waals surface area (Å²) in [5.41, 5.74) is 3.55. The number of hydrogen-bond donors (Lipinski definition) is 1. The Balaban J connectivity index is 1.86. The molecule has 1 aliphatic heterocycles. The van der Waals surface area contributed by atoms with E-state index in [1.165, 1.54) is 24.3 Å². The van der Waals surface area contributed by atoms with E-state index in [2.05, 4.69) is 26.1 Å². The van der Waals surface area contributed by atoms with Crippen LogP contribution in [0.15, 0.2) is 52.5 Å². The Labute approximate surface area is 174 Å². The Morgan fingerprint density at radius 2 is 1.96 bits per heavy atom. The summed E-state index contributed by atoms with van der Waals surface area (Å²) in [5, 5.41) is 1.38. The molecule has 0 aromatic heterocycles. The molecule has 2 aromatic rings. The molecule has 7 nitrogen and oxygen atoms in total. The van der Waals surface area contributed by atoms with E-state index in [1.807, 2.05) is 6.07 Å². The third-order valence-electron chi connectivity index (χ3n) is 3.80. The van der Waals surface area contributed by atoms with E-state index in [1.54, 1.807) is 30.3 Å². The third kappa shape index (κ3) is 4.18. The number of rotatable bonds is 5. The Morgan fingerprint density at radius 1 is 1.25 bits per heavy atom. The fraction of sp³-hybridized carbons (Fsp3) is 0.105. The average molecular weight is 466 g/mol. The smallest absolute Gasteiger partial charge is 0.343 e. The lowest BCUT2D eigenvalue weighted by Crippen LogP contribution is -2.35. The largest absolute Gasteiger partial charge is 0.479 e. The molecule has 1 N–H and O–H groups in total. The van der Waals surface area contributed by atoms with Crippen LogP contribution in [0.5, 0.6) is 5.75 Å². The summed E-state index contributed by atoms with van der Waals surface area (Å²) in [4.78, 5) is 36.1. The number of nitrogens with one attached hydrogen (secondary N) is 1. The maximum absolute atomic E-state index is 12.6. The van der Waals surface area contributed by atoms with Gasteiger partial charge in [0.15, 0.2) is 12.4 Å². The van der Waals surface area contributed by atoms with E-state index in [0.717, 1.165) is 0 Å². The number of methoxy groups -OCH3 is 1. The highest BCUT2D eigenvalue weighted by atomic mass is 79.9. The van der Waals surface area contributed by atoms with E-state index in [-0.39, 0.29) is 23.0 Å². The molecular formula is C19H14BrClN2O5. The van der Waals surface area contributed by atoms with Crippen molar-refractivity contribution in [2.45, 2.75) is 0 Å². The van der Waals surface area contributed by atoms with Gasteiger partial charge in [-0.05, 0) is 51.8 Å². The minimum atomic E-state index is -0.552. The molecule has 0 unspecified atom stereocenters. The van der Waals surface area contributed by atoms with Gasteiger partial charge in [0.2, 0.25) is 0 Å². The SMILES string of the molecule is COC(=O)COc1c(Cl)cc(/C=C2/C(=O)NN(c3ccccc3)C2=O)cc1Br. The van der Waals surface area contributed by atoms with Crippen LogP contribution in [0.3, 0.4) is 0 Å². The molecule has 0 radical (unpaired) electrons. The van der Waals surface area contributed by atoms with Crippen LogP contribution in [0.25, 0.3) is 6.08 Å². The molecule has 0 aliphatic carbocycles. The van der Waals surface area contributed by atoms with Crippen LogP contribution in [-0.2, 0) is 19.1 Å². The molecule has 9 heteroatoms. The minimum absolute atomic E-state index is 0.0324. The van der Waals surface area contributed by atoms with E-state index in [0.29, 0.717) is 15.7 Å². The number of anilines is 1. The number of hydrazine groups is 1. The van der Waals surface area contributed by atoms with Crippen LogP contribution in [0.2, 0.25) is 5.02 Å². The van der Waals surface area contributed by atoms with Crippen molar-refractivity contribution in [2.24, 2.45) is 0 Å². The first kappa shape index (κ1) is 19.9. The van der Waals surface area contributed by atoms with Gasteiger partial charge in [0.05, 0.1) is 22.3 Å². The number of nitrogens with zero attached hydrogens (tertiary/aromatic N) is 1. The topological polar surface area (TPSA) is 84.9 Å². The molecule has 144 valence electrons. The van der Waals surface area contributed by atoms with Crippen molar-refractivity contribution >= 4 is 57.1 Å². The molecule has 1 saturated heterocycles. The Bertz CT molecular complexity index is 955. The lowest BCUT2D eigenvalue weighted by atomic mass is 10.1. The normalized spacial score (nSPS) is 15.0. The van der Waals surface area contributed by atoms with Gasteiger partial charge in [0.25, 0.3) is 11.8 Å². The number of halogens is 2. The van der Waals surface area contributed by atoms with Gasteiger partial charge in [-0.25, -0.2) is 9.80 Å². The predicted molar refractivity (Wildman–Crippen MR) is 107 cm³/mol. The first-order chi connectivity index (χ1) is 13.4. The van der Waals surface area contributed by atoms with Crippen LogP contribution in [0.1, 0.15) is 5.56 Å². The summed E-state index contributed by atoms with van der Waals surface area (Å²) in [7, 11) is 1.25. The second-order valence-corrected chi connectivity index (χ2v) is 6.92. The van der Waals surface area contributed by atoms with Crippen LogP contribution >= 0.6 is 27.5 Å². The monoisotopic (exact) mass is 464 g/mol. The molecule has 1 fully saturated rings. The fourth-order valence-electron chi connectivity index (χ4n) is 2.47. The van der Waals surface area contributed by atoms with Crippen LogP contribution < -0.4 is 15.2 Å². The summed E-state index contributed by atoms with van der Waals surface area (Å²) < 4.78 is 10.3. The van der Waals surface area contributed by atoms with Gasteiger partial charge in [-0.1, -0.05) is 29.8 Å². The summed E-state index contributed by atoms with van der Waals surface area (Å²) in [6.45, 7) is -0.303. The molecule has 0 saturated carbocycles. The van der Waals surface area contributed by atoms with E-state index >= 15 is 0 Å². The number of ether oxygens (including phenoxy) is 2. The van der Waals surface area contributed by atoms with Gasteiger partial charge in [-0.15, -0.1) is 0 Å². The molecule has 0 atom stereocenters. The Hall–Kier alpha value is -2.84. The molecule has 1 aliphatic rings. The maximum atomic E-state index is 12.6. The number of amides is 2. The van der Waals surface area contributed by atoms with E-state index in [9.17, 15) is 14.4 Å². The molecule has 2 amide bonds. The lowest BCUT2D eigenvalue weighted by molar-refractivity contribution is -0.143. The highest BCUT2D eigenvalue weighted by Gasteiger charge is 2.34. The van der Waals surface area contributed by atoms with E-state index < -0.39 is 17.8 Å². The second kappa shape index (κ2) is 8.45. The number of hydrogen-bond acceptors (Lipinski definition) is 5. The summed E-state index contributed by atoms with van der Waals surface area (Å²) >= 11 is 9.52. The number of carbonyl (C=O) groups is 3. The van der Waals surface area contributed by atoms with Crippen molar-refractivity contribution in [2.75, 3.05) is 18.7 Å². The number of para-hydroxylation sites is 1. The van der Waals surface area contributed by atoms with Crippen molar-refractivity contribution in [3.05, 3.63) is 63.1 Å². The van der Waals surface area contributed by atoms with Gasteiger partial charge < -0.3 is 9.47 Å². The fourth-order valence-corrected chi connectivity index (χ4v) is 3.46. The van der Waals surface area contributed by atoms with Gasteiger partial charge in [0, 0.05) is 0 Å².